The first-order valence-corrected chi connectivity index (χ1v) is 7.13. The molecule has 3 aliphatic rings. The van der Waals surface area contributed by atoms with Crippen LogP contribution in [0.1, 0.15) is 16.8 Å². The maximum atomic E-state index is 9.29. The van der Waals surface area contributed by atoms with E-state index in [2.05, 4.69) is 31.4 Å². The lowest BCUT2D eigenvalue weighted by Gasteiger charge is -2.47. The largest absolute Gasteiger partial charge is 0.366 e. The second-order valence-corrected chi connectivity index (χ2v) is 5.62. The van der Waals surface area contributed by atoms with E-state index < -0.39 is 0 Å². The van der Waals surface area contributed by atoms with Crippen LogP contribution >= 0.6 is 0 Å². The first-order valence-electron chi connectivity index (χ1n) is 7.13. The molecule has 106 valence electrons. The minimum Gasteiger partial charge on any atom is -0.366 e. The molecule has 1 aromatic rings. The average molecular weight is 272 g/mol. The third-order valence-corrected chi connectivity index (χ3v) is 4.46. The van der Waals surface area contributed by atoms with Crippen molar-refractivity contribution < 1.29 is 0 Å². The fourth-order valence-electron chi connectivity index (χ4n) is 3.00. The van der Waals surface area contributed by atoms with Crippen molar-refractivity contribution in [2.75, 3.05) is 44.6 Å². The molecule has 0 aliphatic carbocycles. The molecule has 3 aliphatic heterocycles. The Labute approximate surface area is 119 Å². The first-order chi connectivity index (χ1) is 9.69. The molecule has 4 heterocycles. The van der Waals surface area contributed by atoms with Gasteiger partial charge < -0.3 is 5.32 Å². The van der Waals surface area contributed by atoms with Crippen LogP contribution in [0.25, 0.3) is 0 Å². The SMILES string of the molecule is Cc1nnc(NCC2CN3CCN2CC3)c(C#N)c1C. The van der Waals surface area contributed by atoms with Crippen LogP contribution in [0.5, 0.6) is 0 Å². The lowest BCUT2D eigenvalue weighted by Crippen LogP contribution is -2.62. The van der Waals surface area contributed by atoms with E-state index in [9.17, 15) is 5.26 Å². The zero-order chi connectivity index (χ0) is 14.1. The van der Waals surface area contributed by atoms with E-state index in [0.29, 0.717) is 17.4 Å². The van der Waals surface area contributed by atoms with Crippen molar-refractivity contribution in [3.8, 4) is 6.07 Å². The highest BCUT2D eigenvalue weighted by Gasteiger charge is 2.31. The lowest BCUT2D eigenvalue weighted by molar-refractivity contribution is 0.0189. The summed E-state index contributed by atoms with van der Waals surface area (Å²) in [6.07, 6.45) is 0. The molecule has 1 unspecified atom stereocenters. The summed E-state index contributed by atoms with van der Waals surface area (Å²) in [6.45, 7) is 10.4. The molecular weight excluding hydrogens is 252 g/mol. The van der Waals surface area contributed by atoms with Gasteiger partial charge in [-0.05, 0) is 19.4 Å². The number of hydrogen-bond donors (Lipinski definition) is 1. The molecule has 3 fully saturated rings. The number of rotatable bonds is 3. The molecule has 0 amide bonds. The van der Waals surface area contributed by atoms with Gasteiger partial charge in [0.25, 0.3) is 0 Å². The summed E-state index contributed by atoms with van der Waals surface area (Å²) in [6, 6.07) is 2.74. The number of nitrogens with zero attached hydrogens (tertiary/aromatic N) is 5. The van der Waals surface area contributed by atoms with Gasteiger partial charge >= 0.3 is 0 Å². The highest BCUT2D eigenvalue weighted by molar-refractivity contribution is 5.55. The highest BCUT2D eigenvalue weighted by atomic mass is 15.4. The van der Waals surface area contributed by atoms with E-state index in [1.54, 1.807) is 0 Å². The predicted octanol–water partition coefficient (Wildman–Crippen LogP) is 0.377. The number of anilines is 1. The van der Waals surface area contributed by atoms with Crippen molar-refractivity contribution in [2.45, 2.75) is 19.9 Å². The van der Waals surface area contributed by atoms with Crippen LogP contribution in [0, 0.1) is 25.2 Å². The number of fused-ring (bicyclic) bond motifs is 3. The van der Waals surface area contributed by atoms with E-state index in [-0.39, 0.29) is 0 Å². The number of piperazine rings is 3. The van der Waals surface area contributed by atoms with Crippen LogP contribution in [0.4, 0.5) is 5.82 Å². The summed E-state index contributed by atoms with van der Waals surface area (Å²) in [5.74, 6) is 0.619. The van der Waals surface area contributed by atoms with Gasteiger partial charge in [0.15, 0.2) is 5.82 Å². The molecule has 1 N–H and O–H groups in total. The second-order valence-electron chi connectivity index (χ2n) is 5.62. The highest BCUT2D eigenvalue weighted by Crippen LogP contribution is 2.19. The molecule has 3 saturated heterocycles. The Bertz CT molecular complexity index is 541. The molecular formula is C14H20N6. The minimum atomic E-state index is 0.507. The number of nitriles is 1. The molecule has 2 bridgehead atoms. The van der Waals surface area contributed by atoms with Crippen molar-refractivity contribution in [2.24, 2.45) is 0 Å². The van der Waals surface area contributed by atoms with Crippen LogP contribution in [0.2, 0.25) is 0 Å². The summed E-state index contributed by atoms with van der Waals surface area (Å²) in [4.78, 5) is 5.02. The van der Waals surface area contributed by atoms with Crippen LogP contribution in [-0.4, -0.2) is 65.3 Å². The molecule has 0 spiro atoms. The van der Waals surface area contributed by atoms with Crippen molar-refractivity contribution in [3.05, 3.63) is 16.8 Å². The van der Waals surface area contributed by atoms with Crippen molar-refractivity contribution in [1.29, 1.82) is 5.26 Å². The first kappa shape index (κ1) is 13.3. The van der Waals surface area contributed by atoms with E-state index in [4.69, 9.17) is 0 Å². The molecule has 1 atom stereocenters. The predicted molar refractivity (Wildman–Crippen MR) is 76.5 cm³/mol. The number of hydrogen-bond acceptors (Lipinski definition) is 6. The maximum Gasteiger partial charge on any atom is 0.166 e. The molecule has 0 aromatic carbocycles. The number of nitrogens with one attached hydrogen (secondary N) is 1. The molecule has 6 heteroatoms. The van der Waals surface area contributed by atoms with Gasteiger partial charge in [-0.2, -0.15) is 10.4 Å². The molecule has 0 radical (unpaired) electrons. The van der Waals surface area contributed by atoms with Crippen molar-refractivity contribution >= 4 is 5.82 Å². The Hall–Kier alpha value is -1.71. The second kappa shape index (κ2) is 5.35. The molecule has 20 heavy (non-hydrogen) atoms. The van der Waals surface area contributed by atoms with Crippen LogP contribution < -0.4 is 5.32 Å². The van der Waals surface area contributed by atoms with Crippen molar-refractivity contribution in [3.63, 3.8) is 0 Å². The topological polar surface area (TPSA) is 68.1 Å². The van der Waals surface area contributed by atoms with E-state index in [0.717, 1.165) is 37.4 Å². The van der Waals surface area contributed by atoms with E-state index in [1.165, 1.54) is 13.1 Å². The summed E-state index contributed by atoms with van der Waals surface area (Å²) >= 11 is 0. The quantitative estimate of drug-likeness (QED) is 0.858. The van der Waals surface area contributed by atoms with Crippen LogP contribution in [0.3, 0.4) is 0 Å². The average Bonchev–Trinajstić information content (AvgIpc) is 2.49. The van der Waals surface area contributed by atoms with Gasteiger partial charge in [-0.15, -0.1) is 5.10 Å². The molecule has 1 aromatic heterocycles. The fraction of sp³-hybridized carbons (Fsp3) is 0.643. The van der Waals surface area contributed by atoms with Gasteiger partial charge in [0.1, 0.15) is 11.6 Å². The van der Waals surface area contributed by atoms with Crippen LogP contribution in [-0.2, 0) is 0 Å². The number of aryl methyl sites for hydroxylation is 1. The Morgan fingerprint density at radius 2 is 2.00 bits per heavy atom. The van der Waals surface area contributed by atoms with Gasteiger partial charge in [-0.25, -0.2) is 0 Å². The van der Waals surface area contributed by atoms with Crippen LogP contribution in [0.15, 0.2) is 0 Å². The smallest absolute Gasteiger partial charge is 0.166 e. The molecule has 6 nitrogen and oxygen atoms in total. The van der Waals surface area contributed by atoms with Gasteiger partial charge in [0.05, 0.1) is 5.69 Å². The Balaban J connectivity index is 1.70. The van der Waals surface area contributed by atoms with Gasteiger partial charge in [0, 0.05) is 45.3 Å². The maximum absolute atomic E-state index is 9.29. The fourth-order valence-corrected chi connectivity index (χ4v) is 3.00. The van der Waals surface area contributed by atoms with Gasteiger partial charge in [-0.1, -0.05) is 0 Å². The zero-order valence-electron chi connectivity index (χ0n) is 12.1. The Morgan fingerprint density at radius 1 is 1.25 bits per heavy atom. The zero-order valence-corrected chi connectivity index (χ0v) is 12.1. The normalized spacial score (nSPS) is 28.1. The van der Waals surface area contributed by atoms with Gasteiger partial charge in [-0.3, -0.25) is 9.80 Å². The summed E-state index contributed by atoms with van der Waals surface area (Å²) in [5, 5.41) is 20.9. The molecule has 0 saturated carbocycles. The third-order valence-electron chi connectivity index (χ3n) is 4.46. The molecule has 4 rings (SSSR count). The summed E-state index contributed by atoms with van der Waals surface area (Å²) < 4.78 is 0. The van der Waals surface area contributed by atoms with E-state index in [1.807, 2.05) is 13.8 Å². The lowest BCUT2D eigenvalue weighted by atomic mass is 10.1. The Morgan fingerprint density at radius 3 is 2.60 bits per heavy atom. The summed E-state index contributed by atoms with van der Waals surface area (Å²) in [5.41, 5.74) is 2.35. The number of aromatic nitrogens is 2. The van der Waals surface area contributed by atoms with E-state index >= 15 is 0 Å². The minimum absolute atomic E-state index is 0.507. The third kappa shape index (κ3) is 2.35. The Kier molecular flexibility index (Phi) is 3.55. The van der Waals surface area contributed by atoms with Crippen molar-refractivity contribution in [1.82, 2.24) is 20.0 Å². The monoisotopic (exact) mass is 272 g/mol. The summed E-state index contributed by atoms with van der Waals surface area (Å²) in [7, 11) is 0. The van der Waals surface area contributed by atoms with Gasteiger partial charge in [0.2, 0.25) is 0 Å². The standard InChI is InChI=1S/C14H20N6/c1-10-11(2)17-18-14(13(10)7-15)16-8-12-9-19-3-5-20(12)6-4-19/h12H,3-6,8-9H2,1-2H3,(H,16,18).